The number of halogens is 2. The summed E-state index contributed by atoms with van der Waals surface area (Å²) in [4.78, 5) is 17.9. The molecular formula is C17H22ClFN6O2. The van der Waals surface area contributed by atoms with Crippen LogP contribution >= 0.6 is 12.4 Å². The van der Waals surface area contributed by atoms with E-state index in [4.69, 9.17) is 9.47 Å². The highest BCUT2D eigenvalue weighted by atomic mass is 35.5. The Morgan fingerprint density at radius 1 is 0.778 bits per heavy atom. The van der Waals surface area contributed by atoms with Gasteiger partial charge in [0.25, 0.3) is 0 Å². The van der Waals surface area contributed by atoms with Crippen molar-refractivity contribution in [2.75, 3.05) is 67.7 Å². The largest absolute Gasteiger partial charge is 0.378 e. The monoisotopic (exact) mass is 396 g/mol. The van der Waals surface area contributed by atoms with Crippen LogP contribution in [0.2, 0.25) is 0 Å². The van der Waals surface area contributed by atoms with Crippen molar-refractivity contribution in [2.45, 2.75) is 0 Å². The summed E-state index contributed by atoms with van der Waals surface area (Å²) in [6, 6.07) is 6.11. The standard InChI is InChI=1S/C17H21FN6O2.ClH/c18-13-1-3-14(4-2-13)19-15-20-16(23-5-9-25-10-6-23)22-17(21-15)24-7-11-26-12-8-24;/h1-4H,5-12H2,(H,19,20,21,22);1H. The first-order chi connectivity index (χ1) is 12.8. The Morgan fingerprint density at radius 3 is 1.74 bits per heavy atom. The third-order valence-electron chi connectivity index (χ3n) is 4.30. The van der Waals surface area contributed by atoms with Crippen molar-refractivity contribution in [3.05, 3.63) is 30.1 Å². The summed E-state index contributed by atoms with van der Waals surface area (Å²) in [6.45, 7) is 5.56. The highest BCUT2D eigenvalue weighted by Gasteiger charge is 2.20. The van der Waals surface area contributed by atoms with Gasteiger partial charge in [-0.2, -0.15) is 15.0 Å². The third kappa shape index (κ3) is 4.94. The summed E-state index contributed by atoms with van der Waals surface area (Å²) in [6.07, 6.45) is 0. The lowest BCUT2D eigenvalue weighted by Gasteiger charge is -2.30. The first-order valence-corrected chi connectivity index (χ1v) is 8.72. The highest BCUT2D eigenvalue weighted by molar-refractivity contribution is 5.85. The smallest absolute Gasteiger partial charge is 0.233 e. The molecule has 0 spiro atoms. The van der Waals surface area contributed by atoms with Gasteiger partial charge in [-0.05, 0) is 24.3 Å². The van der Waals surface area contributed by atoms with Crippen molar-refractivity contribution in [2.24, 2.45) is 0 Å². The lowest BCUT2D eigenvalue weighted by atomic mass is 10.3. The molecule has 0 amide bonds. The fourth-order valence-electron chi connectivity index (χ4n) is 2.88. The fraction of sp³-hybridized carbons (Fsp3) is 0.471. The first-order valence-electron chi connectivity index (χ1n) is 8.72. The van der Waals surface area contributed by atoms with Crippen molar-refractivity contribution in [3.8, 4) is 0 Å². The van der Waals surface area contributed by atoms with E-state index in [-0.39, 0.29) is 18.2 Å². The van der Waals surface area contributed by atoms with Crippen LogP contribution in [-0.2, 0) is 9.47 Å². The normalized spacial score (nSPS) is 17.4. The predicted molar refractivity (Wildman–Crippen MR) is 103 cm³/mol. The van der Waals surface area contributed by atoms with Gasteiger partial charge in [0.15, 0.2) is 0 Å². The Balaban J connectivity index is 0.00000210. The minimum Gasteiger partial charge on any atom is -0.378 e. The maximum Gasteiger partial charge on any atom is 0.233 e. The van der Waals surface area contributed by atoms with Gasteiger partial charge in [0.2, 0.25) is 17.8 Å². The van der Waals surface area contributed by atoms with E-state index in [1.165, 1.54) is 12.1 Å². The number of benzene rings is 1. The van der Waals surface area contributed by atoms with E-state index in [0.717, 1.165) is 31.9 Å². The van der Waals surface area contributed by atoms with Crippen LogP contribution in [0.4, 0.5) is 27.9 Å². The van der Waals surface area contributed by atoms with Crippen molar-refractivity contribution in [1.82, 2.24) is 15.0 Å². The molecule has 0 atom stereocenters. The molecule has 8 nitrogen and oxygen atoms in total. The highest BCUT2D eigenvalue weighted by Crippen LogP contribution is 2.21. The Kier molecular flexibility index (Phi) is 6.59. The Bertz CT molecular complexity index is 702. The maximum atomic E-state index is 13.1. The van der Waals surface area contributed by atoms with E-state index < -0.39 is 0 Å². The van der Waals surface area contributed by atoms with Crippen LogP contribution in [0.15, 0.2) is 24.3 Å². The molecule has 4 rings (SSSR count). The van der Waals surface area contributed by atoms with Crippen LogP contribution < -0.4 is 15.1 Å². The van der Waals surface area contributed by atoms with Gasteiger partial charge in [-0.1, -0.05) is 0 Å². The molecule has 0 aliphatic carbocycles. The number of aromatic nitrogens is 3. The topological polar surface area (TPSA) is 75.6 Å². The summed E-state index contributed by atoms with van der Waals surface area (Å²) < 4.78 is 24.0. The van der Waals surface area contributed by atoms with E-state index in [1.807, 2.05) is 0 Å². The molecular weight excluding hydrogens is 375 g/mol. The van der Waals surface area contributed by atoms with Gasteiger partial charge in [-0.15, -0.1) is 12.4 Å². The molecule has 146 valence electrons. The zero-order chi connectivity index (χ0) is 17.8. The molecule has 27 heavy (non-hydrogen) atoms. The second-order valence-corrected chi connectivity index (χ2v) is 6.09. The van der Waals surface area contributed by atoms with Crippen LogP contribution in [0.25, 0.3) is 0 Å². The van der Waals surface area contributed by atoms with E-state index in [9.17, 15) is 4.39 Å². The van der Waals surface area contributed by atoms with E-state index in [0.29, 0.717) is 44.3 Å². The van der Waals surface area contributed by atoms with Crippen LogP contribution in [0.5, 0.6) is 0 Å². The second kappa shape index (κ2) is 9.12. The van der Waals surface area contributed by atoms with Crippen LogP contribution in [0, 0.1) is 5.82 Å². The summed E-state index contributed by atoms with van der Waals surface area (Å²) in [7, 11) is 0. The number of hydrogen-bond acceptors (Lipinski definition) is 8. The number of morpholine rings is 2. The number of hydrogen-bond donors (Lipinski definition) is 1. The number of ether oxygens (including phenoxy) is 2. The summed E-state index contributed by atoms with van der Waals surface area (Å²) in [5.74, 6) is 1.40. The average molecular weight is 397 g/mol. The third-order valence-corrected chi connectivity index (χ3v) is 4.30. The van der Waals surface area contributed by atoms with Gasteiger partial charge in [-0.3, -0.25) is 0 Å². The molecule has 2 aromatic rings. The van der Waals surface area contributed by atoms with E-state index >= 15 is 0 Å². The van der Waals surface area contributed by atoms with Crippen molar-refractivity contribution in [1.29, 1.82) is 0 Å². The van der Waals surface area contributed by atoms with Crippen molar-refractivity contribution in [3.63, 3.8) is 0 Å². The van der Waals surface area contributed by atoms with Crippen molar-refractivity contribution >= 4 is 35.9 Å². The van der Waals surface area contributed by atoms with Gasteiger partial charge < -0.3 is 24.6 Å². The SMILES string of the molecule is Cl.Fc1ccc(Nc2nc(N3CCOCC3)nc(N3CCOCC3)n2)cc1. The molecule has 10 heteroatoms. The number of anilines is 4. The zero-order valence-corrected chi connectivity index (χ0v) is 15.6. The van der Waals surface area contributed by atoms with Crippen LogP contribution in [0.3, 0.4) is 0 Å². The lowest BCUT2D eigenvalue weighted by Crippen LogP contribution is -2.40. The summed E-state index contributed by atoms with van der Waals surface area (Å²) >= 11 is 0. The summed E-state index contributed by atoms with van der Waals surface area (Å²) in [5.41, 5.74) is 0.721. The molecule has 2 fully saturated rings. The Hall–Kier alpha value is -2.23. The second-order valence-electron chi connectivity index (χ2n) is 6.09. The van der Waals surface area contributed by atoms with Crippen LogP contribution in [-0.4, -0.2) is 67.6 Å². The van der Waals surface area contributed by atoms with Gasteiger partial charge in [0.05, 0.1) is 26.4 Å². The molecule has 1 aromatic heterocycles. The number of nitrogens with one attached hydrogen (secondary N) is 1. The molecule has 1 aromatic carbocycles. The summed E-state index contributed by atoms with van der Waals surface area (Å²) in [5, 5.41) is 3.15. The lowest BCUT2D eigenvalue weighted by molar-refractivity contribution is 0.121. The molecule has 2 saturated heterocycles. The van der Waals surface area contributed by atoms with Crippen LogP contribution in [0.1, 0.15) is 0 Å². The van der Waals surface area contributed by atoms with E-state index in [2.05, 4.69) is 30.1 Å². The fourth-order valence-corrected chi connectivity index (χ4v) is 2.88. The van der Waals surface area contributed by atoms with Gasteiger partial charge >= 0.3 is 0 Å². The Labute approximate surface area is 163 Å². The zero-order valence-electron chi connectivity index (χ0n) is 14.8. The minimum absolute atomic E-state index is 0. The molecule has 0 unspecified atom stereocenters. The predicted octanol–water partition coefficient (Wildman–Crippen LogP) is 1.85. The molecule has 3 heterocycles. The van der Waals surface area contributed by atoms with Gasteiger partial charge in [0.1, 0.15) is 5.82 Å². The van der Waals surface area contributed by atoms with E-state index in [1.54, 1.807) is 12.1 Å². The minimum atomic E-state index is -0.283. The molecule has 1 N–H and O–H groups in total. The number of rotatable bonds is 4. The average Bonchev–Trinajstić information content (AvgIpc) is 2.71. The quantitative estimate of drug-likeness (QED) is 0.839. The first kappa shape index (κ1) is 19.5. The Morgan fingerprint density at radius 2 is 1.26 bits per heavy atom. The molecule has 0 bridgehead atoms. The molecule has 2 aliphatic heterocycles. The molecule has 0 radical (unpaired) electrons. The van der Waals surface area contributed by atoms with Crippen molar-refractivity contribution < 1.29 is 13.9 Å². The number of nitrogens with zero attached hydrogens (tertiary/aromatic N) is 5. The van der Waals surface area contributed by atoms with Gasteiger partial charge in [0, 0.05) is 31.9 Å². The van der Waals surface area contributed by atoms with Gasteiger partial charge in [-0.25, -0.2) is 4.39 Å². The molecule has 2 aliphatic rings. The molecule has 0 saturated carbocycles. The maximum absolute atomic E-state index is 13.1.